The molecule has 128 valence electrons. The Morgan fingerprint density at radius 3 is 2.43 bits per heavy atom. The summed E-state index contributed by atoms with van der Waals surface area (Å²) in [5.41, 5.74) is -0.347. The van der Waals surface area contributed by atoms with E-state index in [1.807, 2.05) is 0 Å². The molecule has 8 heteroatoms. The Bertz CT molecular complexity index is 561. The molecule has 0 aliphatic carbocycles. The standard InChI is InChI=1S/C15H20F3N3O2/c1-4-19-14(23)21-13(22)10(3)20-9(2)11-6-5-7-12(8-11)15(16,17)18/h5-10,20H,4H2,1-3H3,(H2,19,21,22,23)/t9-,10-/m1/s1. The van der Waals surface area contributed by atoms with E-state index in [-0.39, 0.29) is 0 Å². The summed E-state index contributed by atoms with van der Waals surface area (Å²) in [7, 11) is 0. The maximum absolute atomic E-state index is 12.7. The van der Waals surface area contributed by atoms with E-state index >= 15 is 0 Å². The topological polar surface area (TPSA) is 70.2 Å². The molecule has 3 N–H and O–H groups in total. The number of alkyl halides is 3. The number of benzene rings is 1. The Hall–Kier alpha value is -2.09. The predicted octanol–water partition coefficient (Wildman–Crippen LogP) is 2.59. The molecule has 5 nitrogen and oxygen atoms in total. The van der Waals surface area contributed by atoms with E-state index < -0.39 is 35.8 Å². The molecule has 0 heterocycles. The highest BCUT2D eigenvalue weighted by Gasteiger charge is 2.30. The van der Waals surface area contributed by atoms with Crippen LogP contribution in [0.4, 0.5) is 18.0 Å². The molecule has 1 aromatic rings. The lowest BCUT2D eigenvalue weighted by Gasteiger charge is -2.20. The van der Waals surface area contributed by atoms with Crippen LogP contribution in [0, 0.1) is 0 Å². The molecule has 0 saturated carbocycles. The number of carbonyl (C=O) groups excluding carboxylic acids is 2. The SMILES string of the molecule is CCNC(=O)NC(=O)[C@@H](C)N[C@H](C)c1cccc(C(F)(F)F)c1. The second-order valence-corrected chi connectivity index (χ2v) is 5.08. The summed E-state index contributed by atoms with van der Waals surface area (Å²) in [6.07, 6.45) is -4.42. The van der Waals surface area contributed by atoms with E-state index in [1.54, 1.807) is 19.9 Å². The number of hydrogen-bond acceptors (Lipinski definition) is 3. The van der Waals surface area contributed by atoms with Crippen molar-refractivity contribution in [2.45, 2.75) is 39.0 Å². The predicted molar refractivity (Wildman–Crippen MR) is 79.7 cm³/mol. The molecule has 2 atom stereocenters. The van der Waals surface area contributed by atoms with Gasteiger partial charge in [-0.1, -0.05) is 12.1 Å². The number of imide groups is 1. The third-order valence-electron chi connectivity index (χ3n) is 3.18. The average Bonchev–Trinajstić information content (AvgIpc) is 2.46. The van der Waals surface area contributed by atoms with E-state index in [1.165, 1.54) is 13.0 Å². The van der Waals surface area contributed by atoms with Crippen molar-refractivity contribution in [1.82, 2.24) is 16.0 Å². The van der Waals surface area contributed by atoms with E-state index in [2.05, 4.69) is 16.0 Å². The zero-order valence-corrected chi connectivity index (χ0v) is 13.1. The Kier molecular flexibility index (Phi) is 6.56. The van der Waals surface area contributed by atoms with Crippen LogP contribution >= 0.6 is 0 Å². The van der Waals surface area contributed by atoms with Crippen LogP contribution in [0.1, 0.15) is 37.9 Å². The number of carbonyl (C=O) groups is 2. The second kappa shape index (κ2) is 7.96. The van der Waals surface area contributed by atoms with Crippen molar-refractivity contribution in [2.24, 2.45) is 0 Å². The van der Waals surface area contributed by atoms with Crippen LogP contribution in [-0.4, -0.2) is 24.5 Å². The van der Waals surface area contributed by atoms with E-state index in [9.17, 15) is 22.8 Å². The highest BCUT2D eigenvalue weighted by atomic mass is 19.4. The maximum Gasteiger partial charge on any atom is 0.416 e. The summed E-state index contributed by atoms with van der Waals surface area (Å²) < 4.78 is 38.1. The van der Waals surface area contributed by atoms with Crippen molar-refractivity contribution in [3.8, 4) is 0 Å². The third-order valence-corrected chi connectivity index (χ3v) is 3.18. The molecule has 0 unspecified atom stereocenters. The summed E-state index contributed by atoms with van der Waals surface area (Å²) in [6, 6.07) is 3.03. The van der Waals surface area contributed by atoms with Crippen LogP contribution < -0.4 is 16.0 Å². The summed E-state index contributed by atoms with van der Waals surface area (Å²) in [6.45, 7) is 5.26. The number of halogens is 3. The number of amides is 3. The van der Waals surface area contributed by atoms with Gasteiger partial charge >= 0.3 is 12.2 Å². The van der Waals surface area contributed by atoms with E-state index in [4.69, 9.17) is 0 Å². The first kappa shape index (κ1) is 19.0. The summed E-state index contributed by atoms with van der Waals surface area (Å²) in [5, 5.41) is 7.42. The Balaban J connectivity index is 2.70. The van der Waals surface area contributed by atoms with Gasteiger partial charge in [-0.3, -0.25) is 15.4 Å². The molecule has 1 rings (SSSR count). The maximum atomic E-state index is 12.7. The molecular formula is C15H20F3N3O2. The molecule has 23 heavy (non-hydrogen) atoms. The highest BCUT2D eigenvalue weighted by Crippen LogP contribution is 2.30. The molecule has 0 bridgehead atoms. The number of hydrogen-bond donors (Lipinski definition) is 3. The molecule has 1 aromatic carbocycles. The minimum Gasteiger partial charge on any atom is -0.338 e. The van der Waals surface area contributed by atoms with Gasteiger partial charge in [0.1, 0.15) is 0 Å². The summed E-state index contributed by atoms with van der Waals surface area (Å²) in [4.78, 5) is 23.1. The van der Waals surface area contributed by atoms with Crippen molar-refractivity contribution in [3.05, 3.63) is 35.4 Å². The third kappa shape index (κ3) is 5.90. The Labute approximate surface area is 132 Å². The zero-order valence-electron chi connectivity index (χ0n) is 13.1. The van der Waals surface area contributed by atoms with Gasteiger partial charge in [0.25, 0.3) is 0 Å². The molecule has 0 radical (unpaired) electrons. The van der Waals surface area contributed by atoms with Gasteiger partial charge in [0, 0.05) is 12.6 Å². The van der Waals surface area contributed by atoms with Crippen LogP contribution in [-0.2, 0) is 11.0 Å². The number of nitrogens with one attached hydrogen (secondary N) is 3. The zero-order chi connectivity index (χ0) is 17.6. The van der Waals surface area contributed by atoms with Gasteiger partial charge in [0.05, 0.1) is 11.6 Å². The molecule has 0 aromatic heterocycles. The van der Waals surface area contributed by atoms with Gasteiger partial charge in [0.2, 0.25) is 5.91 Å². The van der Waals surface area contributed by atoms with Gasteiger partial charge in [-0.2, -0.15) is 13.2 Å². The molecule has 0 spiro atoms. The number of rotatable bonds is 5. The largest absolute Gasteiger partial charge is 0.416 e. The monoisotopic (exact) mass is 331 g/mol. The highest BCUT2D eigenvalue weighted by molar-refractivity contribution is 5.96. The number of urea groups is 1. The summed E-state index contributed by atoms with van der Waals surface area (Å²) >= 11 is 0. The quantitative estimate of drug-likeness (QED) is 0.777. The Morgan fingerprint density at radius 2 is 1.87 bits per heavy atom. The lowest BCUT2D eigenvalue weighted by atomic mass is 10.0. The average molecular weight is 331 g/mol. The molecular weight excluding hydrogens is 311 g/mol. The first-order valence-electron chi connectivity index (χ1n) is 7.17. The van der Waals surface area contributed by atoms with Crippen molar-refractivity contribution in [3.63, 3.8) is 0 Å². The minimum absolute atomic E-state index is 0.377. The second-order valence-electron chi connectivity index (χ2n) is 5.08. The molecule has 0 saturated heterocycles. The van der Waals surface area contributed by atoms with Gasteiger partial charge < -0.3 is 5.32 Å². The molecule has 3 amide bonds. The van der Waals surface area contributed by atoms with E-state index in [0.29, 0.717) is 12.1 Å². The Morgan fingerprint density at radius 1 is 1.22 bits per heavy atom. The molecule has 0 aliphatic heterocycles. The van der Waals surface area contributed by atoms with Gasteiger partial charge in [-0.15, -0.1) is 0 Å². The smallest absolute Gasteiger partial charge is 0.338 e. The van der Waals surface area contributed by atoms with Crippen LogP contribution in [0.15, 0.2) is 24.3 Å². The lowest BCUT2D eigenvalue weighted by Crippen LogP contribution is -2.48. The van der Waals surface area contributed by atoms with Crippen LogP contribution in [0.25, 0.3) is 0 Å². The van der Waals surface area contributed by atoms with E-state index in [0.717, 1.165) is 12.1 Å². The van der Waals surface area contributed by atoms with Crippen molar-refractivity contribution >= 4 is 11.9 Å². The molecule has 0 fully saturated rings. The van der Waals surface area contributed by atoms with Gasteiger partial charge in [0.15, 0.2) is 0 Å². The van der Waals surface area contributed by atoms with Crippen molar-refractivity contribution in [1.29, 1.82) is 0 Å². The van der Waals surface area contributed by atoms with Crippen molar-refractivity contribution < 1.29 is 22.8 Å². The fraction of sp³-hybridized carbons (Fsp3) is 0.467. The van der Waals surface area contributed by atoms with Crippen LogP contribution in [0.2, 0.25) is 0 Å². The van der Waals surface area contributed by atoms with Crippen LogP contribution in [0.5, 0.6) is 0 Å². The first-order chi connectivity index (χ1) is 10.6. The lowest BCUT2D eigenvalue weighted by molar-refractivity contribution is -0.137. The fourth-order valence-electron chi connectivity index (χ4n) is 1.96. The minimum atomic E-state index is -4.42. The first-order valence-corrected chi connectivity index (χ1v) is 7.17. The fourth-order valence-corrected chi connectivity index (χ4v) is 1.96. The molecule has 0 aliphatic rings. The van der Waals surface area contributed by atoms with Gasteiger partial charge in [-0.25, -0.2) is 4.79 Å². The normalized spacial score (nSPS) is 14.0. The van der Waals surface area contributed by atoms with Crippen LogP contribution in [0.3, 0.4) is 0 Å². The summed E-state index contributed by atoms with van der Waals surface area (Å²) in [5.74, 6) is -0.560. The van der Waals surface area contributed by atoms with Crippen molar-refractivity contribution in [2.75, 3.05) is 6.54 Å². The van der Waals surface area contributed by atoms with Gasteiger partial charge in [-0.05, 0) is 38.5 Å².